The van der Waals surface area contributed by atoms with Gasteiger partial charge in [-0.1, -0.05) is 44.5 Å². The van der Waals surface area contributed by atoms with Crippen LogP contribution in [0.1, 0.15) is 39.7 Å². The molecule has 0 N–H and O–H groups in total. The molecule has 98 valence electrons. The third-order valence-electron chi connectivity index (χ3n) is 3.58. The normalized spacial score (nSPS) is 23.4. The van der Waals surface area contributed by atoms with Crippen molar-refractivity contribution in [1.29, 1.82) is 0 Å². The molecule has 0 aromatic heterocycles. The summed E-state index contributed by atoms with van der Waals surface area (Å²) in [6.07, 6.45) is 0.816. The zero-order valence-corrected chi connectivity index (χ0v) is 12.4. The highest BCUT2D eigenvalue weighted by Crippen LogP contribution is 2.49. The standard InChI is InChI=1S/C15H20ClNO/c1-14(2,3)9-15(4)10-7-6-8-11(16)12(10)17(5)13(15)18/h6-8H,9H2,1-5H3. The van der Waals surface area contributed by atoms with Crippen molar-refractivity contribution in [2.75, 3.05) is 11.9 Å². The van der Waals surface area contributed by atoms with E-state index in [-0.39, 0.29) is 11.3 Å². The third kappa shape index (κ3) is 1.93. The number of rotatable bonds is 1. The second kappa shape index (κ2) is 3.99. The Hall–Kier alpha value is -1.02. The van der Waals surface area contributed by atoms with Gasteiger partial charge in [0.1, 0.15) is 0 Å². The number of carbonyl (C=O) groups is 1. The van der Waals surface area contributed by atoms with Gasteiger partial charge in [0.2, 0.25) is 5.91 Å². The van der Waals surface area contributed by atoms with Crippen LogP contribution in [0, 0.1) is 5.41 Å². The molecule has 1 amide bonds. The minimum absolute atomic E-state index is 0.0924. The van der Waals surface area contributed by atoms with Gasteiger partial charge in [-0.05, 0) is 30.4 Å². The lowest BCUT2D eigenvalue weighted by atomic mass is 9.71. The Kier molecular flexibility index (Phi) is 2.97. The molecule has 0 saturated heterocycles. The topological polar surface area (TPSA) is 20.3 Å². The van der Waals surface area contributed by atoms with Gasteiger partial charge in [0, 0.05) is 7.05 Å². The molecule has 0 bridgehead atoms. The summed E-state index contributed by atoms with van der Waals surface area (Å²) in [5.74, 6) is 0.139. The van der Waals surface area contributed by atoms with E-state index < -0.39 is 5.41 Å². The number of hydrogen-bond donors (Lipinski definition) is 0. The largest absolute Gasteiger partial charge is 0.313 e. The predicted molar refractivity (Wildman–Crippen MR) is 76.3 cm³/mol. The van der Waals surface area contributed by atoms with E-state index in [2.05, 4.69) is 20.8 Å². The Balaban J connectivity index is 2.59. The van der Waals surface area contributed by atoms with Crippen molar-refractivity contribution in [2.45, 2.75) is 39.5 Å². The fourth-order valence-electron chi connectivity index (χ4n) is 3.12. The fraction of sp³-hybridized carbons (Fsp3) is 0.533. The van der Waals surface area contributed by atoms with Crippen molar-refractivity contribution >= 4 is 23.2 Å². The molecule has 2 rings (SSSR count). The molecular formula is C15H20ClNO. The van der Waals surface area contributed by atoms with E-state index in [1.807, 2.05) is 25.1 Å². The van der Waals surface area contributed by atoms with Crippen LogP contribution in [0.3, 0.4) is 0 Å². The molecule has 1 aromatic rings. The van der Waals surface area contributed by atoms with Crippen LogP contribution < -0.4 is 4.90 Å². The number of nitrogens with zero attached hydrogens (tertiary/aromatic N) is 1. The number of halogens is 1. The summed E-state index contributed by atoms with van der Waals surface area (Å²) in [5.41, 5.74) is 1.55. The smallest absolute Gasteiger partial charge is 0.237 e. The molecule has 1 aromatic carbocycles. The molecule has 1 aliphatic heterocycles. The van der Waals surface area contributed by atoms with Crippen LogP contribution in [0.5, 0.6) is 0 Å². The van der Waals surface area contributed by atoms with Gasteiger partial charge in [-0.2, -0.15) is 0 Å². The van der Waals surface area contributed by atoms with Crippen LogP contribution in [0.15, 0.2) is 18.2 Å². The highest BCUT2D eigenvalue weighted by Gasteiger charge is 2.48. The first-order valence-corrected chi connectivity index (χ1v) is 6.62. The van der Waals surface area contributed by atoms with Crippen LogP contribution in [0.25, 0.3) is 0 Å². The summed E-state index contributed by atoms with van der Waals surface area (Å²) in [6, 6.07) is 5.79. The van der Waals surface area contributed by atoms with Gasteiger partial charge in [-0.15, -0.1) is 0 Å². The Morgan fingerprint density at radius 3 is 2.50 bits per heavy atom. The number of para-hydroxylation sites is 1. The molecule has 18 heavy (non-hydrogen) atoms. The average Bonchev–Trinajstić information content (AvgIpc) is 2.40. The summed E-state index contributed by atoms with van der Waals surface area (Å²) < 4.78 is 0. The second-order valence-electron chi connectivity index (χ2n) is 6.57. The van der Waals surface area contributed by atoms with E-state index in [0.717, 1.165) is 17.7 Å². The number of carbonyl (C=O) groups excluding carboxylic acids is 1. The molecule has 0 saturated carbocycles. The lowest BCUT2D eigenvalue weighted by Gasteiger charge is -2.31. The van der Waals surface area contributed by atoms with Crippen LogP contribution in [-0.4, -0.2) is 13.0 Å². The molecule has 0 aliphatic carbocycles. The maximum atomic E-state index is 12.6. The maximum Gasteiger partial charge on any atom is 0.237 e. The lowest BCUT2D eigenvalue weighted by molar-refractivity contribution is -0.123. The van der Waals surface area contributed by atoms with Crippen LogP contribution in [0.4, 0.5) is 5.69 Å². The minimum Gasteiger partial charge on any atom is -0.313 e. The van der Waals surface area contributed by atoms with Gasteiger partial charge in [-0.25, -0.2) is 0 Å². The Bertz CT molecular complexity index is 504. The molecule has 1 unspecified atom stereocenters. The van der Waals surface area contributed by atoms with Crippen LogP contribution >= 0.6 is 11.6 Å². The Morgan fingerprint density at radius 1 is 1.33 bits per heavy atom. The zero-order valence-electron chi connectivity index (χ0n) is 11.7. The zero-order chi connectivity index (χ0) is 13.7. The molecular weight excluding hydrogens is 246 g/mol. The Labute approximate surface area is 114 Å². The highest BCUT2D eigenvalue weighted by molar-refractivity contribution is 6.35. The van der Waals surface area contributed by atoms with E-state index in [1.54, 1.807) is 11.9 Å². The molecule has 2 nitrogen and oxygen atoms in total. The third-order valence-corrected chi connectivity index (χ3v) is 3.88. The summed E-state index contributed by atoms with van der Waals surface area (Å²) >= 11 is 6.23. The first-order chi connectivity index (χ1) is 8.17. The number of benzene rings is 1. The van der Waals surface area contributed by atoms with Crippen molar-refractivity contribution in [3.8, 4) is 0 Å². The highest BCUT2D eigenvalue weighted by atomic mass is 35.5. The first kappa shape index (κ1) is 13.4. The molecule has 0 fully saturated rings. The van der Waals surface area contributed by atoms with E-state index in [9.17, 15) is 4.79 Å². The number of amides is 1. The number of hydrogen-bond acceptors (Lipinski definition) is 1. The first-order valence-electron chi connectivity index (χ1n) is 6.24. The molecule has 0 radical (unpaired) electrons. The van der Waals surface area contributed by atoms with E-state index in [0.29, 0.717) is 5.02 Å². The lowest BCUT2D eigenvalue weighted by Crippen LogP contribution is -2.38. The molecule has 3 heteroatoms. The second-order valence-corrected chi connectivity index (χ2v) is 6.98. The van der Waals surface area contributed by atoms with Crippen molar-refractivity contribution in [1.82, 2.24) is 0 Å². The predicted octanol–water partition coefficient (Wildman–Crippen LogP) is 4.01. The molecule has 1 heterocycles. The van der Waals surface area contributed by atoms with Crippen molar-refractivity contribution in [2.24, 2.45) is 5.41 Å². The number of anilines is 1. The minimum atomic E-state index is -0.465. The molecule has 1 aliphatic rings. The quantitative estimate of drug-likeness (QED) is 0.751. The molecule has 0 spiro atoms. The van der Waals surface area contributed by atoms with Crippen molar-refractivity contribution in [3.63, 3.8) is 0 Å². The van der Waals surface area contributed by atoms with E-state index >= 15 is 0 Å². The monoisotopic (exact) mass is 265 g/mol. The van der Waals surface area contributed by atoms with Gasteiger partial charge in [0.15, 0.2) is 0 Å². The number of likely N-dealkylation sites (N-methyl/N-ethyl adjacent to an activating group) is 1. The van der Waals surface area contributed by atoms with Crippen LogP contribution in [-0.2, 0) is 10.2 Å². The van der Waals surface area contributed by atoms with E-state index in [4.69, 9.17) is 11.6 Å². The summed E-state index contributed by atoms with van der Waals surface area (Å²) in [7, 11) is 1.81. The van der Waals surface area contributed by atoms with E-state index in [1.165, 1.54) is 0 Å². The van der Waals surface area contributed by atoms with Gasteiger partial charge < -0.3 is 4.90 Å². The Morgan fingerprint density at radius 2 is 1.94 bits per heavy atom. The van der Waals surface area contributed by atoms with Gasteiger partial charge in [0.05, 0.1) is 16.1 Å². The van der Waals surface area contributed by atoms with Gasteiger partial charge >= 0.3 is 0 Å². The van der Waals surface area contributed by atoms with Crippen molar-refractivity contribution < 1.29 is 4.79 Å². The number of fused-ring (bicyclic) bond motifs is 1. The summed E-state index contributed by atoms with van der Waals surface area (Å²) in [4.78, 5) is 14.3. The van der Waals surface area contributed by atoms with Crippen LogP contribution in [0.2, 0.25) is 5.02 Å². The molecule has 1 atom stereocenters. The van der Waals surface area contributed by atoms with Gasteiger partial charge in [0.25, 0.3) is 0 Å². The fourth-order valence-corrected chi connectivity index (χ4v) is 3.42. The maximum absolute atomic E-state index is 12.6. The SMILES string of the molecule is CN1C(=O)C(C)(CC(C)(C)C)c2cccc(Cl)c21. The van der Waals surface area contributed by atoms with Gasteiger partial charge in [-0.3, -0.25) is 4.79 Å². The summed E-state index contributed by atoms with van der Waals surface area (Å²) in [6.45, 7) is 8.51. The van der Waals surface area contributed by atoms with Crippen molar-refractivity contribution in [3.05, 3.63) is 28.8 Å². The summed E-state index contributed by atoms with van der Waals surface area (Å²) in [5, 5.41) is 0.654. The average molecular weight is 266 g/mol.